The minimum absolute atomic E-state index is 0.119. The van der Waals surface area contributed by atoms with E-state index in [2.05, 4.69) is 15.0 Å². The molecule has 158 valence electrons. The zero-order valence-electron chi connectivity index (χ0n) is 16.2. The predicted molar refractivity (Wildman–Crippen MR) is 108 cm³/mol. The van der Waals surface area contributed by atoms with Gasteiger partial charge in [-0.25, -0.2) is 27.6 Å². The highest BCUT2D eigenvalue weighted by atomic mass is 32.2. The fourth-order valence-corrected chi connectivity index (χ4v) is 3.87. The van der Waals surface area contributed by atoms with Crippen molar-refractivity contribution in [2.24, 2.45) is 5.14 Å². The Labute approximate surface area is 174 Å². The predicted octanol–water partition coefficient (Wildman–Crippen LogP) is 1.48. The quantitative estimate of drug-likeness (QED) is 0.634. The van der Waals surface area contributed by atoms with Gasteiger partial charge in [0, 0.05) is 19.5 Å². The molecule has 0 amide bonds. The molecule has 2 heterocycles. The first-order valence-electron chi connectivity index (χ1n) is 9.52. The first-order valence-corrected chi connectivity index (χ1v) is 11.1. The first kappa shape index (κ1) is 20.6. The molecule has 10 heteroatoms. The highest BCUT2D eigenvalue weighted by Gasteiger charge is 2.20. The fraction of sp³-hybridized carbons (Fsp3) is 0.300. The van der Waals surface area contributed by atoms with Crippen molar-refractivity contribution in [2.45, 2.75) is 17.9 Å². The molecule has 0 spiro atoms. The molecule has 1 saturated heterocycles. The minimum atomic E-state index is -4.00. The molecule has 0 aliphatic carbocycles. The molecule has 30 heavy (non-hydrogen) atoms. The number of halogens is 1. The van der Waals surface area contributed by atoms with Crippen molar-refractivity contribution in [2.75, 3.05) is 26.3 Å². The van der Waals surface area contributed by atoms with Gasteiger partial charge in [-0.2, -0.15) is 0 Å². The molecular formula is C20H22FN5O3S. The number of hydrogen-bond acceptors (Lipinski definition) is 6. The summed E-state index contributed by atoms with van der Waals surface area (Å²) < 4.78 is 44.7. The number of sulfonamides is 1. The number of nitrogens with two attached hydrogens (primary N) is 1. The van der Waals surface area contributed by atoms with Crippen molar-refractivity contribution in [3.63, 3.8) is 0 Å². The smallest absolute Gasteiger partial charge is 0.238 e. The summed E-state index contributed by atoms with van der Waals surface area (Å²) in [6.45, 7) is 3.39. The number of primary sulfonamides is 1. The Morgan fingerprint density at radius 3 is 2.50 bits per heavy atom. The van der Waals surface area contributed by atoms with Crippen LogP contribution in [0.4, 0.5) is 4.39 Å². The Kier molecular flexibility index (Phi) is 5.91. The van der Waals surface area contributed by atoms with E-state index in [9.17, 15) is 12.8 Å². The summed E-state index contributed by atoms with van der Waals surface area (Å²) in [6.07, 6.45) is 0.452. The first-order chi connectivity index (χ1) is 14.4. The third kappa shape index (κ3) is 4.73. The van der Waals surface area contributed by atoms with Crippen LogP contribution in [0.1, 0.15) is 17.2 Å². The van der Waals surface area contributed by atoms with Crippen LogP contribution in [0, 0.1) is 5.82 Å². The maximum atomic E-state index is 14.8. The molecule has 1 fully saturated rings. The number of benzene rings is 2. The van der Waals surface area contributed by atoms with Crippen molar-refractivity contribution < 1.29 is 17.5 Å². The molecule has 0 bridgehead atoms. The zero-order chi connectivity index (χ0) is 21.1. The van der Waals surface area contributed by atoms with Crippen molar-refractivity contribution in [1.82, 2.24) is 19.7 Å². The molecule has 0 radical (unpaired) electrons. The number of nitrogens with zero attached hydrogens (tertiary/aromatic N) is 4. The van der Waals surface area contributed by atoms with Crippen LogP contribution in [0.2, 0.25) is 0 Å². The second kappa shape index (κ2) is 8.60. The van der Waals surface area contributed by atoms with Crippen LogP contribution in [0.15, 0.2) is 53.4 Å². The van der Waals surface area contributed by atoms with Gasteiger partial charge in [-0.05, 0) is 23.8 Å². The molecule has 0 atom stereocenters. The summed E-state index contributed by atoms with van der Waals surface area (Å²) in [5.41, 5.74) is 1.12. The van der Waals surface area contributed by atoms with E-state index in [0.29, 0.717) is 37.8 Å². The van der Waals surface area contributed by atoms with E-state index in [1.807, 2.05) is 30.3 Å². The van der Waals surface area contributed by atoms with Gasteiger partial charge in [-0.3, -0.25) is 4.90 Å². The molecule has 1 aliphatic rings. The normalized spacial score (nSPS) is 15.4. The highest BCUT2D eigenvalue weighted by Crippen LogP contribution is 2.20. The van der Waals surface area contributed by atoms with Gasteiger partial charge in [0.05, 0.1) is 24.7 Å². The van der Waals surface area contributed by atoms with Crippen LogP contribution in [-0.2, 0) is 27.7 Å². The largest absolute Gasteiger partial charge is 0.379 e. The average molecular weight is 431 g/mol. The van der Waals surface area contributed by atoms with E-state index >= 15 is 0 Å². The van der Waals surface area contributed by atoms with Gasteiger partial charge in [0.1, 0.15) is 17.3 Å². The van der Waals surface area contributed by atoms with E-state index in [1.165, 1.54) is 16.8 Å². The van der Waals surface area contributed by atoms with Gasteiger partial charge < -0.3 is 4.74 Å². The highest BCUT2D eigenvalue weighted by molar-refractivity contribution is 7.89. The van der Waals surface area contributed by atoms with E-state index in [1.54, 1.807) is 0 Å². The third-order valence-electron chi connectivity index (χ3n) is 4.87. The Hall–Kier alpha value is -2.66. The summed E-state index contributed by atoms with van der Waals surface area (Å²) >= 11 is 0. The van der Waals surface area contributed by atoms with Gasteiger partial charge in [-0.15, -0.1) is 5.10 Å². The maximum Gasteiger partial charge on any atom is 0.238 e. The summed E-state index contributed by atoms with van der Waals surface area (Å²) in [6, 6.07) is 13.2. The Balaban J connectivity index is 1.71. The van der Waals surface area contributed by atoms with Crippen molar-refractivity contribution in [1.29, 1.82) is 0 Å². The molecule has 2 aromatic carbocycles. The number of rotatable bonds is 6. The monoisotopic (exact) mass is 431 g/mol. The molecule has 0 saturated carbocycles. The number of hydrogen-bond donors (Lipinski definition) is 1. The zero-order valence-corrected chi connectivity index (χ0v) is 17.1. The summed E-state index contributed by atoms with van der Waals surface area (Å²) in [5.74, 6) is 0.392. The van der Waals surface area contributed by atoms with Gasteiger partial charge in [-0.1, -0.05) is 30.3 Å². The van der Waals surface area contributed by atoms with E-state index in [0.717, 1.165) is 24.7 Å². The lowest BCUT2D eigenvalue weighted by atomic mass is 10.1. The summed E-state index contributed by atoms with van der Waals surface area (Å²) in [5, 5.41) is 9.64. The van der Waals surface area contributed by atoms with Crippen molar-refractivity contribution in [3.8, 4) is 5.69 Å². The summed E-state index contributed by atoms with van der Waals surface area (Å²) in [7, 11) is -4.00. The molecule has 0 unspecified atom stereocenters. The van der Waals surface area contributed by atoms with Gasteiger partial charge in [0.2, 0.25) is 10.0 Å². The lowest BCUT2D eigenvalue weighted by Crippen LogP contribution is -2.36. The van der Waals surface area contributed by atoms with Crippen LogP contribution in [0.3, 0.4) is 0 Å². The Bertz CT molecular complexity index is 1130. The van der Waals surface area contributed by atoms with E-state index < -0.39 is 15.8 Å². The van der Waals surface area contributed by atoms with E-state index in [-0.39, 0.29) is 10.6 Å². The lowest BCUT2D eigenvalue weighted by molar-refractivity contribution is 0.0330. The Morgan fingerprint density at radius 1 is 1.10 bits per heavy atom. The minimum Gasteiger partial charge on any atom is -0.379 e. The molecule has 4 rings (SSSR count). The van der Waals surface area contributed by atoms with Gasteiger partial charge >= 0.3 is 0 Å². The second-order valence-electron chi connectivity index (χ2n) is 7.07. The maximum absolute atomic E-state index is 14.8. The van der Waals surface area contributed by atoms with E-state index in [4.69, 9.17) is 9.88 Å². The average Bonchev–Trinajstić information content (AvgIpc) is 3.10. The molecular weight excluding hydrogens is 409 g/mol. The van der Waals surface area contributed by atoms with Crippen LogP contribution < -0.4 is 5.14 Å². The lowest BCUT2D eigenvalue weighted by Gasteiger charge is -2.25. The topological polar surface area (TPSA) is 103 Å². The molecule has 1 aliphatic heterocycles. The number of ether oxygens (including phenoxy) is 1. The van der Waals surface area contributed by atoms with Gasteiger partial charge in [0.25, 0.3) is 0 Å². The van der Waals surface area contributed by atoms with Crippen LogP contribution in [0.25, 0.3) is 5.69 Å². The SMILES string of the molecule is NS(=O)(=O)c1ccc(-n2nc(CN3CCOCC3)nc2Cc2ccccc2)c(F)c1. The number of morpholine rings is 1. The van der Waals surface area contributed by atoms with Crippen molar-refractivity contribution >= 4 is 10.0 Å². The molecule has 8 nitrogen and oxygen atoms in total. The third-order valence-corrected chi connectivity index (χ3v) is 5.78. The standard InChI is InChI=1S/C20H22FN5O3S/c21-17-13-16(30(22,27)28)6-7-18(17)26-20(12-15-4-2-1-3-5-15)23-19(24-26)14-25-8-10-29-11-9-25/h1-7,13H,8-12,14H2,(H2,22,27,28). The van der Waals surface area contributed by atoms with Crippen LogP contribution in [-0.4, -0.2) is 54.4 Å². The second-order valence-corrected chi connectivity index (χ2v) is 8.63. The van der Waals surface area contributed by atoms with Crippen LogP contribution >= 0.6 is 0 Å². The number of aromatic nitrogens is 3. The molecule has 2 N–H and O–H groups in total. The van der Waals surface area contributed by atoms with Crippen LogP contribution in [0.5, 0.6) is 0 Å². The fourth-order valence-electron chi connectivity index (χ4n) is 3.34. The summed E-state index contributed by atoms with van der Waals surface area (Å²) in [4.78, 5) is 6.53. The van der Waals surface area contributed by atoms with Gasteiger partial charge in [0.15, 0.2) is 5.82 Å². The Morgan fingerprint density at radius 2 is 1.83 bits per heavy atom. The molecule has 1 aromatic heterocycles. The van der Waals surface area contributed by atoms with Crippen molar-refractivity contribution in [3.05, 3.63) is 71.6 Å². The molecule has 3 aromatic rings.